The number of rotatable bonds is 3. The molecule has 0 heterocycles. The number of nitrogens with zero attached hydrogens (tertiary/aromatic N) is 2. The van der Waals surface area contributed by atoms with Crippen molar-refractivity contribution in [2.75, 3.05) is 4.72 Å². The standard InChI is InChI=1S/C8H4FN3S2/c9-7-3-6(13-4-10)1-2-8(7)12-14-5-11/h1-3,12H. The van der Waals surface area contributed by atoms with Gasteiger partial charge in [0, 0.05) is 4.90 Å². The highest BCUT2D eigenvalue weighted by Gasteiger charge is 2.03. The van der Waals surface area contributed by atoms with Gasteiger partial charge in [0.25, 0.3) is 0 Å². The van der Waals surface area contributed by atoms with Crippen LogP contribution < -0.4 is 4.72 Å². The number of hydrogen-bond donors (Lipinski definition) is 1. The lowest BCUT2D eigenvalue weighted by Crippen LogP contribution is -1.89. The zero-order valence-electron chi connectivity index (χ0n) is 6.82. The number of benzene rings is 1. The molecule has 0 saturated heterocycles. The van der Waals surface area contributed by atoms with Crippen LogP contribution in [0.25, 0.3) is 0 Å². The molecule has 0 spiro atoms. The van der Waals surface area contributed by atoms with E-state index in [4.69, 9.17) is 10.5 Å². The zero-order chi connectivity index (χ0) is 10.4. The van der Waals surface area contributed by atoms with Crippen LogP contribution in [0.3, 0.4) is 0 Å². The van der Waals surface area contributed by atoms with Crippen molar-refractivity contribution in [2.24, 2.45) is 0 Å². The van der Waals surface area contributed by atoms with E-state index in [-0.39, 0.29) is 5.69 Å². The molecule has 1 N–H and O–H groups in total. The maximum atomic E-state index is 13.2. The summed E-state index contributed by atoms with van der Waals surface area (Å²) < 4.78 is 15.7. The Morgan fingerprint density at radius 1 is 1.29 bits per heavy atom. The number of anilines is 1. The average molecular weight is 225 g/mol. The number of nitriles is 2. The summed E-state index contributed by atoms with van der Waals surface area (Å²) in [7, 11) is 0. The van der Waals surface area contributed by atoms with Gasteiger partial charge in [0.15, 0.2) is 5.40 Å². The van der Waals surface area contributed by atoms with Crippen LogP contribution in [0.4, 0.5) is 10.1 Å². The van der Waals surface area contributed by atoms with Crippen molar-refractivity contribution in [3.63, 3.8) is 0 Å². The third-order valence-corrected chi connectivity index (χ3v) is 2.30. The molecule has 0 aliphatic rings. The predicted molar refractivity (Wildman–Crippen MR) is 54.7 cm³/mol. The second-order valence-electron chi connectivity index (χ2n) is 2.13. The lowest BCUT2D eigenvalue weighted by molar-refractivity contribution is 0.629. The fourth-order valence-corrected chi connectivity index (χ4v) is 1.50. The lowest BCUT2D eigenvalue weighted by atomic mass is 10.3. The summed E-state index contributed by atoms with van der Waals surface area (Å²) in [6, 6.07) is 4.34. The second-order valence-corrected chi connectivity index (χ2v) is 3.58. The number of nitrogens with one attached hydrogen (secondary N) is 1. The van der Waals surface area contributed by atoms with Crippen molar-refractivity contribution >= 4 is 29.4 Å². The van der Waals surface area contributed by atoms with Gasteiger partial charge in [-0.3, -0.25) is 0 Å². The molecule has 1 aromatic carbocycles. The molecule has 0 aliphatic carbocycles. The molecule has 0 aliphatic heterocycles. The molecule has 14 heavy (non-hydrogen) atoms. The van der Waals surface area contributed by atoms with Gasteiger partial charge in [-0.25, -0.2) is 4.39 Å². The highest BCUT2D eigenvalue weighted by atomic mass is 32.2. The fraction of sp³-hybridized carbons (Fsp3) is 0. The highest BCUT2D eigenvalue weighted by molar-refractivity contribution is 8.05. The maximum Gasteiger partial charge on any atom is 0.155 e. The first-order valence-electron chi connectivity index (χ1n) is 3.44. The normalized spacial score (nSPS) is 8.79. The van der Waals surface area contributed by atoms with E-state index in [1.165, 1.54) is 12.1 Å². The van der Waals surface area contributed by atoms with Gasteiger partial charge in [0.05, 0.1) is 17.6 Å². The minimum absolute atomic E-state index is 0.235. The van der Waals surface area contributed by atoms with Crippen LogP contribution >= 0.6 is 23.7 Å². The van der Waals surface area contributed by atoms with Crippen molar-refractivity contribution < 1.29 is 4.39 Å². The summed E-state index contributed by atoms with van der Waals surface area (Å²) in [6.07, 6.45) is 0. The largest absolute Gasteiger partial charge is 0.315 e. The van der Waals surface area contributed by atoms with Gasteiger partial charge in [0.1, 0.15) is 11.2 Å². The number of thiocyanates is 2. The first-order chi connectivity index (χ1) is 6.77. The summed E-state index contributed by atoms with van der Waals surface area (Å²) in [5.41, 5.74) is 0.235. The van der Waals surface area contributed by atoms with Crippen molar-refractivity contribution in [3.8, 4) is 10.8 Å². The summed E-state index contributed by atoms with van der Waals surface area (Å²) in [5, 5.41) is 20.2. The van der Waals surface area contributed by atoms with Gasteiger partial charge >= 0.3 is 0 Å². The molecule has 0 aromatic heterocycles. The van der Waals surface area contributed by atoms with Crippen LogP contribution in [0.2, 0.25) is 0 Å². The van der Waals surface area contributed by atoms with E-state index in [0.717, 1.165) is 23.7 Å². The molecule has 0 unspecified atom stereocenters. The van der Waals surface area contributed by atoms with Crippen LogP contribution in [-0.4, -0.2) is 0 Å². The van der Waals surface area contributed by atoms with Crippen molar-refractivity contribution in [1.82, 2.24) is 0 Å². The zero-order valence-corrected chi connectivity index (χ0v) is 8.45. The topological polar surface area (TPSA) is 59.6 Å². The molecule has 0 fully saturated rings. The van der Waals surface area contributed by atoms with Crippen LogP contribution in [0.1, 0.15) is 0 Å². The van der Waals surface area contributed by atoms with Gasteiger partial charge in [-0.15, -0.1) is 0 Å². The Labute approximate surface area is 89.0 Å². The summed E-state index contributed by atoms with van der Waals surface area (Å²) in [4.78, 5) is 0.539. The van der Waals surface area contributed by atoms with E-state index in [9.17, 15) is 4.39 Å². The first-order valence-corrected chi connectivity index (χ1v) is 5.07. The third kappa shape index (κ3) is 2.84. The van der Waals surface area contributed by atoms with E-state index >= 15 is 0 Å². The molecule has 0 bridgehead atoms. The molecule has 0 radical (unpaired) electrons. The molecular formula is C8H4FN3S2. The smallest absolute Gasteiger partial charge is 0.155 e. The average Bonchev–Trinajstić information content (AvgIpc) is 2.17. The van der Waals surface area contributed by atoms with Gasteiger partial charge in [0.2, 0.25) is 0 Å². The minimum Gasteiger partial charge on any atom is -0.315 e. The quantitative estimate of drug-likeness (QED) is 0.487. The van der Waals surface area contributed by atoms with Crippen molar-refractivity contribution in [2.45, 2.75) is 4.90 Å². The Kier molecular flexibility index (Phi) is 4.11. The SMILES string of the molecule is N#CSNc1ccc(SC#N)cc1F. The fourth-order valence-electron chi connectivity index (χ4n) is 0.773. The molecule has 0 saturated carbocycles. The Bertz CT molecular complexity index is 408. The van der Waals surface area contributed by atoms with Crippen LogP contribution in [0.15, 0.2) is 23.1 Å². The molecule has 0 atom stereocenters. The van der Waals surface area contributed by atoms with Crippen molar-refractivity contribution in [1.29, 1.82) is 10.5 Å². The molecular weight excluding hydrogens is 221 g/mol. The molecule has 1 rings (SSSR count). The van der Waals surface area contributed by atoms with Crippen molar-refractivity contribution in [3.05, 3.63) is 24.0 Å². The van der Waals surface area contributed by atoms with Gasteiger partial charge in [-0.1, -0.05) is 0 Å². The Morgan fingerprint density at radius 3 is 2.64 bits per heavy atom. The Morgan fingerprint density at radius 2 is 2.07 bits per heavy atom. The van der Waals surface area contributed by atoms with E-state index in [0.29, 0.717) is 4.90 Å². The molecule has 70 valence electrons. The van der Waals surface area contributed by atoms with Crippen LogP contribution in [0, 0.1) is 27.1 Å². The third-order valence-electron chi connectivity index (χ3n) is 1.31. The molecule has 0 amide bonds. The minimum atomic E-state index is -0.479. The van der Waals surface area contributed by atoms with Gasteiger partial charge < -0.3 is 4.72 Å². The molecule has 6 heteroatoms. The van der Waals surface area contributed by atoms with E-state index in [1.807, 2.05) is 5.40 Å². The molecule has 3 nitrogen and oxygen atoms in total. The van der Waals surface area contributed by atoms with Crippen LogP contribution in [0.5, 0.6) is 0 Å². The maximum absolute atomic E-state index is 13.2. The highest BCUT2D eigenvalue weighted by Crippen LogP contribution is 2.24. The summed E-state index contributed by atoms with van der Waals surface area (Å²) in [6.45, 7) is 0. The lowest BCUT2D eigenvalue weighted by Gasteiger charge is -2.02. The van der Waals surface area contributed by atoms with E-state index in [1.54, 1.807) is 11.5 Å². The molecule has 1 aromatic rings. The number of halogens is 1. The number of hydrogen-bond acceptors (Lipinski definition) is 5. The van der Waals surface area contributed by atoms with Gasteiger partial charge in [-0.05, 0) is 30.0 Å². The number of thioether (sulfide) groups is 1. The second kappa shape index (κ2) is 5.38. The predicted octanol–water partition coefficient (Wildman–Crippen LogP) is 2.94. The van der Waals surface area contributed by atoms with E-state index < -0.39 is 5.82 Å². The Hall–Kier alpha value is -1.37. The van der Waals surface area contributed by atoms with E-state index in [2.05, 4.69) is 4.72 Å². The van der Waals surface area contributed by atoms with Gasteiger partial charge in [-0.2, -0.15) is 10.5 Å². The summed E-state index contributed by atoms with van der Waals surface area (Å²) in [5.74, 6) is -0.479. The summed E-state index contributed by atoms with van der Waals surface area (Å²) >= 11 is 1.63. The monoisotopic (exact) mass is 225 g/mol. The first kappa shape index (κ1) is 10.7. The Balaban J connectivity index is 2.81. The van der Waals surface area contributed by atoms with Crippen LogP contribution in [-0.2, 0) is 0 Å².